The molecule has 0 radical (unpaired) electrons. The summed E-state index contributed by atoms with van der Waals surface area (Å²) in [6.45, 7) is 2.01. The minimum Gasteiger partial charge on any atom is -0.494 e. The second kappa shape index (κ2) is 9.37. The summed E-state index contributed by atoms with van der Waals surface area (Å²) in [4.78, 5) is 13.4. The van der Waals surface area contributed by atoms with Crippen LogP contribution in [0.15, 0.2) is 36.4 Å². The summed E-state index contributed by atoms with van der Waals surface area (Å²) < 4.78 is 6.96. The molecule has 2 heterocycles. The number of carbonyl (C=O) groups excluding carboxylic acids is 1. The molecule has 2 aromatic heterocycles. The van der Waals surface area contributed by atoms with E-state index in [9.17, 15) is 4.79 Å². The van der Waals surface area contributed by atoms with E-state index in [1.807, 2.05) is 31.2 Å². The monoisotopic (exact) mass is 506 g/mol. The lowest BCUT2D eigenvalue weighted by atomic mass is 10.2. The van der Waals surface area contributed by atoms with E-state index in [0.717, 1.165) is 27.8 Å². The molecule has 2 aromatic carbocycles. The molecule has 12 heteroatoms. The molecule has 0 saturated heterocycles. The zero-order valence-electron chi connectivity index (χ0n) is 16.8. The molecule has 0 fully saturated rings. The number of hydrogen-bond acceptors (Lipinski definition) is 7. The largest absolute Gasteiger partial charge is 0.494 e. The Morgan fingerprint density at radius 3 is 2.66 bits per heavy atom. The van der Waals surface area contributed by atoms with Crippen LogP contribution in [-0.2, 0) is 6.42 Å². The number of nitrogens with zero attached hydrogens (tertiary/aromatic N) is 4. The lowest BCUT2D eigenvalue weighted by Gasteiger charge is -2.13. The molecule has 0 aliphatic rings. The third kappa shape index (κ3) is 4.53. The van der Waals surface area contributed by atoms with Crippen LogP contribution in [0.4, 0.5) is 5.69 Å². The quantitative estimate of drug-likeness (QED) is 0.373. The normalized spacial score (nSPS) is 10.9. The smallest absolute Gasteiger partial charge is 0.261 e. The number of aromatic nitrogens is 4. The van der Waals surface area contributed by atoms with Gasteiger partial charge in [-0.15, -0.1) is 10.2 Å². The number of benzene rings is 2. The molecule has 4 aromatic rings. The first-order chi connectivity index (χ1) is 15.4. The fraction of sp³-hybridized carbons (Fsp3) is 0.150. The fourth-order valence-corrected chi connectivity index (χ4v) is 4.60. The summed E-state index contributed by atoms with van der Waals surface area (Å²) in [7, 11) is 1.42. The van der Waals surface area contributed by atoms with Crippen molar-refractivity contribution >= 4 is 68.4 Å². The Labute approximate surface area is 202 Å². The van der Waals surface area contributed by atoms with Crippen molar-refractivity contribution in [1.29, 1.82) is 0 Å². The number of hydrogen-bond donors (Lipinski definition) is 2. The third-order valence-corrected chi connectivity index (χ3v) is 6.10. The number of amides is 1. The maximum absolute atomic E-state index is 12.6. The molecule has 0 aliphatic heterocycles. The number of halogens is 2. The van der Waals surface area contributed by atoms with Gasteiger partial charge in [0.2, 0.25) is 4.96 Å². The molecule has 8 nitrogen and oxygen atoms in total. The summed E-state index contributed by atoms with van der Waals surface area (Å²) in [5.41, 5.74) is 1.81. The Bertz CT molecular complexity index is 1320. The van der Waals surface area contributed by atoms with Gasteiger partial charge in [-0.3, -0.25) is 10.1 Å². The molecule has 0 saturated carbocycles. The van der Waals surface area contributed by atoms with Crippen LogP contribution < -0.4 is 15.4 Å². The van der Waals surface area contributed by atoms with Gasteiger partial charge in [0.1, 0.15) is 10.8 Å². The average molecular weight is 507 g/mol. The van der Waals surface area contributed by atoms with Gasteiger partial charge in [0, 0.05) is 22.7 Å². The zero-order valence-corrected chi connectivity index (χ0v) is 20.0. The Kier molecular flexibility index (Phi) is 6.56. The molecule has 0 bridgehead atoms. The molecule has 0 aliphatic carbocycles. The van der Waals surface area contributed by atoms with E-state index in [-0.39, 0.29) is 21.4 Å². The number of nitrogens with one attached hydrogen (secondary N) is 2. The van der Waals surface area contributed by atoms with Crippen molar-refractivity contribution in [3.05, 3.63) is 57.8 Å². The van der Waals surface area contributed by atoms with E-state index in [4.69, 9.17) is 40.2 Å². The highest BCUT2D eigenvalue weighted by atomic mass is 35.5. The van der Waals surface area contributed by atoms with E-state index in [1.54, 1.807) is 4.52 Å². The Balaban J connectivity index is 1.45. The first kappa shape index (κ1) is 22.4. The summed E-state index contributed by atoms with van der Waals surface area (Å²) >= 11 is 18.8. The van der Waals surface area contributed by atoms with E-state index >= 15 is 0 Å². The van der Waals surface area contributed by atoms with Gasteiger partial charge in [0.15, 0.2) is 10.9 Å². The number of aryl methyl sites for hydroxylation is 1. The van der Waals surface area contributed by atoms with Crippen LogP contribution >= 0.6 is 46.8 Å². The highest BCUT2D eigenvalue weighted by molar-refractivity contribution is 7.80. The third-order valence-electron chi connectivity index (χ3n) is 4.45. The van der Waals surface area contributed by atoms with Crippen molar-refractivity contribution in [2.45, 2.75) is 13.3 Å². The average Bonchev–Trinajstić information content (AvgIpc) is 3.34. The van der Waals surface area contributed by atoms with Crippen molar-refractivity contribution in [2.24, 2.45) is 0 Å². The maximum atomic E-state index is 12.6. The van der Waals surface area contributed by atoms with Gasteiger partial charge in [-0.1, -0.05) is 41.5 Å². The highest BCUT2D eigenvalue weighted by Crippen LogP contribution is 2.32. The molecule has 0 unspecified atom stereocenters. The number of anilines is 1. The first-order valence-electron chi connectivity index (χ1n) is 9.36. The van der Waals surface area contributed by atoms with Gasteiger partial charge in [-0.2, -0.15) is 9.61 Å². The molecule has 2 N–H and O–H groups in total. The number of thiocarbonyl (C=S) groups is 1. The van der Waals surface area contributed by atoms with Crippen molar-refractivity contribution < 1.29 is 9.53 Å². The maximum Gasteiger partial charge on any atom is 0.261 e. The van der Waals surface area contributed by atoms with Crippen LogP contribution in [0.25, 0.3) is 15.5 Å². The van der Waals surface area contributed by atoms with E-state index in [2.05, 4.69) is 25.9 Å². The van der Waals surface area contributed by atoms with Crippen LogP contribution in [-0.4, -0.2) is 37.9 Å². The van der Waals surface area contributed by atoms with Gasteiger partial charge in [0.25, 0.3) is 5.91 Å². The van der Waals surface area contributed by atoms with Crippen LogP contribution in [0, 0.1) is 0 Å². The molecule has 1 amide bonds. The Morgan fingerprint density at radius 2 is 1.97 bits per heavy atom. The van der Waals surface area contributed by atoms with Crippen molar-refractivity contribution in [2.75, 3.05) is 12.4 Å². The van der Waals surface area contributed by atoms with Gasteiger partial charge in [-0.05, 0) is 48.6 Å². The second-order valence-corrected chi connectivity index (χ2v) is 8.73. The van der Waals surface area contributed by atoms with Gasteiger partial charge < -0.3 is 10.1 Å². The van der Waals surface area contributed by atoms with Crippen LogP contribution in [0.3, 0.4) is 0 Å². The minimum absolute atomic E-state index is 0.118. The molecule has 4 rings (SSSR count). The summed E-state index contributed by atoms with van der Waals surface area (Å²) in [5.74, 6) is 0.545. The summed E-state index contributed by atoms with van der Waals surface area (Å²) in [6.07, 6.45) is 0.754. The van der Waals surface area contributed by atoms with Gasteiger partial charge in [0.05, 0.1) is 17.7 Å². The van der Waals surface area contributed by atoms with Crippen molar-refractivity contribution in [3.63, 3.8) is 0 Å². The molecular formula is C20H16Cl2N6O2S2. The Hall–Kier alpha value is -2.79. The minimum atomic E-state index is -0.494. The molecule has 0 spiro atoms. The molecule has 0 atom stereocenters. The number of rotatable bonds is 5. The number of ether oxygens (including phenoxy) is 1. The summed E-state index contributed by atoms with van der Waals surface area (Å²) in [6, 6.07) is 10.5. The number of carbonyl (C=O) groups is 1. The molecule has 164 valence electrons. The topological polar surface area (TPSA) is 93.4 Å². The number of fused-ring (bicyclic) bond motifs is 1. The predicted octanol–water partition coefficient (Wildman–Crippen LogP) is 4.86. The second-order valence-electron chi connectivity index (χ2n) is 6.53. The van der Waals surface area contributed by atoms with E-state index < -0.39 is 5.91 Å². The van der Waals surface area contributed by atoms with Crippen molar-refractivity contribution in [1.82, 2.24) is 25.1 Å². The lowest BCUT2D eigenvalue weighted by Crippen LogP contribution is -2.34. The summed E-state index contributed by atoms with van der Waals surface area (Å²) in [5, 5.41) is 19.9. The molecule has 32 heavy (non-hydrogen) atoms. The number of methoxy groups -OCH3 is 1. The first-order valence-corrected chi connectivity index (χ1v) is 11.3. The van der Waals surface area contributed by atoms with E-state index in [1.165, 1.54) is 30.6 Å². The van der Waals surface area contributed by atoms with E-state index in [0.29, 0.717) is 10.7 Å². The predicted molar refractivity (Wildman–Crippen MR) is 130 cm³/mol. The SMILES string of the molecule is CCc1nnc2sc(-c3ccc(NC(=S)NC(=O)c4cc(Cl)cc(Cl)c4OC)cc3)nn12. The van der Waals surface area contributed by atoms with Crippen LogP contribution in [0.2, 0.25) is 10.0 Å². The zero-order chi connectivity index (χ0) is 22.8. The highest BCUT2D eigenvalue weighted by Gasteiger charge is 2.18. The van der Waals surface area contributed by atoms with Gasteiger partial charge >= 0.3 is 0 Å². The van der Waals surface area contributed by atoms with Gasteiger partial charge in [-0.25, -0.2) is 0 Å². The standard InChI is InChI=1S/C20H16Cl2N6O2S2/c1-3-15-25-26-20-28(15)27-18(32-20)10-4-6-12(7-5-10)23-19(31)24-17(29)13-8-11(21)9-14(22)16(13)30-2/h4-9H,3H2,1-2H3,(H2,23,24,29,31). The lowest BCUT2D eigenvalue weighted by molar-refractivity contribution is 0.0975. The van der Waals surface area contributed by atoms with Crippen LogP contribution in [0.5, 0.6) is 5.75 Å². The van der Waals surface area contributed by atoms with Crippen LogP contribution in [0.1, 0.15) is 23.1 Å². The van der Waals surface area contributed by atoms with Crippen molar-refractivity contribution in [3.8, 4) is 16.3 Å². The molecular weight excluding hydrogens is 491 g/mol. The Morgan fingerprint density at radius 1 is 1.22 bits per heavy atom. The fourth-order valence-electron chi connectivity index (χ4n) is 2.96.